The standard InChI is InChI=1S/C39H49N3O13S3/c1-38(2)29-23-27(25-57(49,50)51)14-16-31(29)40(20-7-5-6-13-37(45)55-42-35(43)18-19-36(42)44)33(38)11-10-12-34-39(3,4)30-24-28(26-58(52,53)54)15-17-32(30)41(34)21-8-9-22-56(46,47)48/h10-12,14-17,23-24H,5-9,13,18-22,25-26H2,1-4H3,(H2-,46,47,48,49,50,51,52,53,54)/p+1. The Kier molecular flexibility index (Phi) is 13.2. The number of carbonyl (C=O) groups excluding carboxylic acids is 3. The Morgan fingerprint density at radius 2 is 1.38 bits per heavy atom. The highest BCUT2D eigenvalue weighted by atomic mass is 32.2. The van der Waals surface area contributed by atoms with Crippen molar-refractivity contribution in [2.75, 3.05) is 23.7 Å². The molecule has 0 unspecified atom stereocenters. The summed E-state index contributed by atoms with van der Waals surface area (Å²) in [6.07, 6.45) is 8.06. The molecule has 1 saturated heterocycles. The minimum absolute atomic E-state index is 0.00394. The minimum Gasteiger partial charge on any atom is -0.344 e. The van der Waals surface area contributed by atoms with Crippen molar-refractivity contribution in [2.45, 2.75) is 101 Å². The van der Waals surface area contributed by atoms with Gasteiger partial charge in [0, 0.05) is 66.7 Å². The molecule has 0 aromatic heterocycles. The second-order valence-corrected chi connectivity index (χ2v) is 20.3. The van der Waals surface area contributed by atoms with E-state index in [-0.39, 0.29) is 25.7 Å². The Morgan fingerprint density at radius 1 is 0.776 bits per heavy atom. The number of rotatable bonds is 18. The Bertz CT molecular complexity index is 2400. The molecule has 58 heavy (non-hydrogen) atoms. The molecule has 0 bridgehead atoms. The smallest absolute Gasteiger partial charge is 0.333 e. The highest BCUT2D eigenvalue weighted by Crippen LogP contribution is 2.48. The molecule has 0 spiro atoms. The maximum atomic E-state index is 12.4. The zero-order valence-corrected chi connectivity index (χ0v) is 35.3. The molecule has 1 fully saturated rings. The Morgan fingerprint density at radius 3 is 1.98 bits per heavy atom. The highest BCUT2D eigenvalue weighted by molar-refractivity contribution is 7.85. The first-order valence-corrected chi connectivity index (χ1v) is 23.7. The highest BCUT2D eigenvalue weighted by Gasteiger charge is 2.45. The van der Waals surface area contributed by atoms with E-state index in [0.29, 0.717) is 55.0 Å². The van der Waals surface area contributed by atoms with Crippen molar-refractivity contribution >= 4 is 65.2 Å². The first kappa shape index (κ1) is 44.8. The molecule has 2 amide bonds. The fourth-order valence-corrected chi connectivity index (χ4v) is 9.60. The van der Waals surface area contributed by atoms with Crippen molar-refractivity contribution in [3.63, 3.8) is 0 Å². The van der Waals surface area contributed by atoms with Crippen LogP contribution in [0.25, 0.3) is 0 Å². The van der Waals surface area contributed by atoms with Crippen LogP contribution >= 0.6 is 0 Å². The van der Waals surface area contributed by atoms with Gasteiger partial charge in [-0.05, 0) is 74.4 Å². The number of nitrogens with zero attached hydrogens (tertiary/aromatic N) is 3. The summed E-state index contributed by atoms with van der Waals surface area (Å²) in [4.78, 5) is 43.0. The fourth-order valence-electron chi connectivity index (χ4n) is 7.83. The van der Waals surface area contributed by atoms with Crippen LogP contribution in [0.3, 0.4) is 0 Å². The molecule has 316 valence electrons. The molecular weight excluding hydrogens is 815 g/mol. The monoisotopic (exact) mass is 864 g/mol. The maximum Gasteiger partial charge on any atom is 0.333 e. The normalized spacial score (nSPS) is 18.5. The number of hydrogen-bond donors (Lipinski definition) is 3. The number of unbranched alkanes of at least 4 members (excludes halogenated alkanes) is 3. The van der Waals surface area contributed by atoms with Crippen molar-refractivity contribution in [1.29, 1.82) is 0 Å². The van der Waals surface area contributed by atoms with E-state index in [4.69, 9.17) is 4.84 Å². The van der Waals surface area contributed by atoms with Crippen LogP contribution in [0.1, 0.15) is 101 Å². The minimum atomic E-state index is -4.30. The van der Waals surface area contributed by atoms with E-state index in [1.807, 2.05) is 56.9 Å². The van der Waals surface area contributed by atoms with Crippen molar-refractivity contribution in [3.8, 4) is 0 Å². The van der Waals surface area contributed by atoms with Gasteiger partial charge in [-0.2, -0.15) is 29.8 Å². The van der Waals surface area contributed by atoms with Crippen LogP contribution in [0.2, 0.25) is 0 Å². The number of benzene rings is 2. The van der Waals surface area contributed by atoms with E-state index >= 15 is 0 Å². The van der Waals surface area contributed by atoms with Crippen molar-refractivity contribution in [3.05, 3.63) is 82.6 Å². The van der Waals surface area contributed by atoms with E-state index in [2.05, 4.69) is 4.58 Å². The lowest BCUT2D eigenvalue weighted by molar-refractivity contribution is -0.438. The molecule has 3 heterocycles. The first-order chi connectivity index (χ1) is 26.9. The van der Waals surface area contributed by atoms with Gasteiger partial charge >= 0.3 is 5.97 Å². The van der Waals surface area contributed by atoms with E-state index in [0.717, 1.165) is 33.9 Å². The second-order valence-electron chi connectivity index (χ2n) is 15.9. The fraction of sp³-hybridized carbons (Fsp3) is 0.487. The molecule has 0 aliphatic carbocycles. The molecule has 5 rings (SSSR count). The summed E-state index contributed by atoms with van der Waals surface area (Å²) in [5.74, 6) is -3.29. The third-order valence-electron chi connectivity index (χ3n) is 10.6. The first-order valence-electron chi connectivity index (χ1n) is 18.9. The van der Waals surface area contributed by atoms with Gasteiger partial charge in [-0.15, -0.1) is 5.06 Å². The van der Waals surface area contributed by atoms with Gasteiger partial charge in [-0.3, -0.25) is 23.2 Å². The molecular formula is C39H50N3O13S3+. The molecule has 3 aliphatic rings. The van der Waals surface area contributed by atoms with Crippen LogP contribution < -0.4 is 4.90 Å². The zero-order valence-electron chi connectivity index (χ0n) is 32.9. The number of allylic oxidation sites excluding steroid dienone is 4. The van der Waals surface area contributed by atoms with E-state index < -0.39 is 76.2 Å². The van der Waals surface area contributed by atoms with E-state index in [1.165, 1.54) is 0 Å². The molecule has 19 heteroatoms. The van der Waals surface area contributed by atoms with Gasteiger partial charge in [0.05, 0.1) is 11.2 Å². The SMILES string of the molecule is CC1(C)C(/C=C/C=C2/N(CCCCS(=O)(=O)O)c3ccc(CS(=O)(=O)O)cc3C2(C)C)=[N+](CCCCCC(=O)ON2C(=O)CCC2=O)c2ccc(CS(=O)(=O)O)cc21. The molecule has 2 aromatic rings. The summed E-state index contributed by atoms with van der Waals surface area (Å²) in [6.45, 7) is 8.85. The van der Waals surface area contributed by atoms with Crippen LogP contribution in [0, 0.1) is 0 Å². The Hall–Kier alpha value is -4.27. The van der Waals surface area contributed by atoms with Gasteiger partial charge in [0.25, 0.3) is 42.2 Å². The average molecular weight is 865 g/mol. The van der Waals surface area contributed by atoms with Gasteiger partial charge in [0.15, 0.2) is 5.71 Å². The summed E-state index contributed by atoms with van der Waals surface area (Å²) in [7, 11) is -12.8. The van der Waals surface area contributed by atoms with Crippen LogP contribution in [0.15, 0.2) is 60.3 Å². The van der Waals surface area contributed by atoms with Gasteiger partial charge in [-0.1, -0.05) is 38.1 Å². The topological polar surface area (TPSA) is 233 Å². The van der Waals surface area contributed by atoms with E-state index in [9.17, 15) is 53.3 Å². The van der Waals surface area contributed by atoms with Gasteiger partial charge < -0.3 is 9.74 Å². The molecule has 3 aliphatic heterocycles. The Labute approximate surface area is 339 Å². The maximum absolute atomic E-state index is 12.4. The number of imide groups is 1. The molecule has 0 radical (unpaired) electrons. The van der Waals surface area contributed by atoms with Gasteiger partial charge in [0.1, 0.15) is 18.1 Å². The molecule has 2 aromatic carbocycles. The summed E-state index contributed by atoms with van der Waals surface area (Å²) in [6, 6.07) is 10.4. The Balaban J connectivity index is 1.44. The van der Waals surface area contributed by atoms with Crippen molar-refractivity contribution in [1.82, 2.24) is 5.06 Å². The number of carbonyl (C=O) groups is 3. The zero-order chi connectivity index (χ0) is 42.8. The van der Waals surface area contributed by atoms with Crippen LogP contribution in [-0.2, 0) is 71.9 Å². The molecule has 0 atom stereocenters. The summed E-state index contributed by atoms with van der Waals surface area (Å²) in [5.41, 5.74) is 4.46. The number of amides is 2. The van der Waals surface area contributed by atoms with Gasteiger partial charge in [0.2, 0.25) is 5.69 Å². The van der Waals surface area contributed by atoms with Crippen LogP contribution in [0.4, 0.5) is 11.4 Å². The molecule has 16 nitrogen and oxygen atoms in total. The third-order valence-corrected chi connectivity index (χ3v) is 12.8. The predicted octanol–water partition coefficient (Wildman–Crippen LogP) is 4.91. The predicted molar refractivity (Wildman–Crippen MR) is 215 cm³/mol. The lowest BCUT2D eigenvalue weighted by Gasteiger charge is -2.27. The number of anilines is 1. The largest absolute Gasteiger partial charge is 0.344 e. The number of hydrogen-bond acceptors (Lipinski definition) is 11. The number of hydroxylamine groups is 2. The lowest BCUT2D eigenvalue weighted by atomic mass is 9.80. The van der Waals surface area contributed by atoms with Gasteiger partial charge in [-0.25, -0.2) is 4.79 Å². The van der Waals surface area contributed by atoms with Crippen molar-refractivity contribution in [2.24, 2.45) is 0 Å². The summed E-state index contributed by atoms with van der Waals surface area (Å²) >= 11 is 0. The lowest BCUT2D eigenvalue weighted by Crippen LogP contribution is -2.31. The molecule has 3 N–H and O–H groups in total. The summed E-state index contributed by atoms with van der Waals surface area (Å²) < 4.78 is 100. The van der Waals surface area contributed by atoms with E-state index in [1.54, 1.807) is 30.3 Å². The average Bonchev–Trinajstić information content (AvgIpc) is 3.59. The quantitative estimate of drug-likeness (QED) is 0.0782. The molecule has 0 saturated carbocycles. The summed E-state index contributed by atoms with van der Waals surface area (Å²) in [5, 5.41) is 0.528. The van der Waals surface area contributed by atoms with Crippen LogP contribution in [0.5, 0.6) is 0 Å². The van der Waals surface area contributed by atoms with Crippen molar-refractivity contribution < 1.29 is 62.7 Å². The number of fused-ring (bicyclic) bond motifs is 2. The second kappa shape index (κ2) is 17.1. The third kappa shape index (κ3) is 10.9. The van der Waals surface area contributed by atoms with Crippen LogP contribution in [-0.4, -0.2) is 90.9 Å².